The first kappa shape index (κ1) is 45.4. The van der Waals surface area contributed by atoms with Crippen molar-refractivity contribution < 1.29 is 0 Å². The van der Waals surface area contributed by atoms with E-state index in [-0.39, 0.29) is 10.8 Å². The van der Waals surface area contributed by atoms with Gasteiger partial charge in [-0.05, 0) is 140 Å². The molecule has 8 aromatic carbocycles. The van der Waals surface area contributed by atoms with Crippen molar-refractivity contribution in [2.75, 3.05) is 7.05 Å². The summed E-state index contributed by atoms with van der Waals surface area (Å²) in [5.41, 5.74) is 27.1. The number of benzene rings is 8. The summed E-state index contributed by atoms with van der Waals surface area (Å²) in [7, 11) is 1.50. The van der Waals surface area contributed by atoms with Crippen molar-refractivity contribution in [1.82, 2.24) is 0 Å². The molecule has 0 heterocycles. The number of allylic oxidation sites excluding steroid dienone is 1. The Morgan fingerprint density at radius 2 is 0.953 bits per heavy atom. The molecule has 0 saturated heterocycles. The SMILES string of the molecule is CC.CN.Cc1cccc(-c2cc3c(cc2-c2ccc4c(c2)C2(c5ccccc5-4)c4ccccc4C(C)(C)c4ccccc42)C=CCC3)c1.NN.c1ccc(Cc2ccccc2)cc1. The van der Waals surface area contributed by atoms with Crippen LogP contribution in [0.5, 0.6) is 0 Å². The van der Waals surface area contributed by atoms with Gasteiger partial charge >= 0.3 is 0 Å². The van der Waals surface area contributed by atoms with E-state index in [4.69, 9.17) is 0 Å². The van der Waals surface area contributed by atoms with Gasteiger partial charge in [0, 0.05) is 5.41 Å². The molecule has 322 valence electrons. The smallest absolute Gasteiger partial charge is 0.0719 e. The highest BCUT2D eigenvalue weighted by Crippen LogP contribution is 2.62. The highest BCUT2D eigenvalue weighted by molar-refractivity contribution is 5.93. The zero-order chi connectivity index (χ0) is 45.3. The molecule has 64 heavy (non-hydrogen) atoms. The van der Waals surface area contributed by atoms with Crippen molar-refractivity contribution in [2.24, 2.45) is 17.4 Å². The molecule has 1 spiro atoms. The lowest BCUT2D eigenvalue weighted by atomic mass is 9.55. The van der Waals surface area contributed by atoms with Crippen LogP contribution in [0.15, 0.2) is 194 Å². The number of hydrazine groups is 1. The molecule has 3 nitrogen and oxygen atoms in total. The molecule has 0 unspecified atom stereocenters. The fraction of sp³-hybridized carbons (Fsp3) is 0.180. The van der Waals surface area contributed by atoms with Crippen LogP contribution in [0.3, 0.4) is 0 Å². The third kappa shape index (κ3) is 8.31. The molecule has 3 aliphatic carbocycles. The molecule has 0 aliphatic heterocycles. The van der Waals surface area contributed by atoms with Gasteiger partial charge in [0.2, 0.25) is 0 Å². The molecule has 0 saturated carbocycles. The predicted octanol–water partition coefficient (Wildman–Crippen LogP) is 14.0. The van der Waals surface area contributed by atoms with Crippen LogP contribution in [-0.4, -0.2) is 7.05 Å². The van der Waals surface area contributed by atoms with Crippen LogP contribution in [0.1, 0.15) is 95.3 Å². The Bertz CT molecular complexity index is 2760. The number of nitrogens with two attached hydrogens (primary N) is 3. The van der Waals surface area contributed by atoms with Crippen molar-refractivity contribution in [3.63, 3.8) is 0 Å². The van der Waals surface area contributed by atoms with Gasteiger partial charge < -0.3 is 5.73 Å². The molecular formula is C61H63N3. The van der Waals surface area contributed by atoms with E-state index in [0.717, 1.165) is 19.3 Å². The molecule has 0 bridgehead atoms. The number of fused-ring (bicyclic) bond motifs is 10. The topological polar surface area (TPSA) is 78.1 Å². The summed E-state index contributed by atoms with van der Waals surface area (Å²) in [4.78, 5) is 0. The fourth-order valence-corrected chi connectivity index (χ4v) is 10.2. The minimum Gasteiger partial charge on any atom is -0.333 e. The molecule has 0 aromatic heterocycles. The maximum absolute atomic E-state index is 4.50. The molecule has 0 atom stereocenters. The Morgan fingerprint density at radius 1 is 0.453 bits per heavy atom. The van der Waals surface area contributed by atoms with Gasteiger partial charge in [0.25, 0.3) is 0 Å². The van der Waals surface area contributed by atoms with Gasteiger partial charge in [-0.1, -0.05) is 215 Å². The lowest BCUT2D eigenvalue weighted by molar-refractivity contribution is 0.563. The van der Waals surface area contributed by atoms with Crippen molar-refractivity contribution in [3.05, 3.63) is 255 Å². The van der Waals surface area contributed by atoms with Gasteiger partial charge in [-0.15, -0.1) is 0 Å². The van der Waals surface area contributed by atoms with Crippen molar-refractivity contribution >= 4 is 6.08 Å². The second kappa shape index (κ2) is 20.3. The van der Waals surface area contributed by atoms with Crippen LogP contribution in [0.4, 0.5) is 0 Å². The molecule has 3 aliphatic rings. The molecule has 0 radical (unpaired) electrons. The molecule has 0 amide bonds. The molecule has 3 heteroatoms. The molecule has 11 rings (SSSR count). The van der Waals surface area contributed by atoms with Crippen molar-refractivity contribution in [2.45, 2.75) is 64.7 Å². The Kier molecular flexibility index (Phi) is 14.4. The van der Waals surface area contributed by atoms with Crippen molar-refractivity contribution in [3.8, 4) is 33.4 Å². The summed E-state index contributed by atoms with van der Waals surface area (Å²) in [6, 6.07) is 69.9. The van der Waals surface area contributed by atoms with Crippen LogP contribution >= 0.6 is 0 Å². The molecule has 8 aromatic rings. The summed E-state index contributed by atoms with van der Waals surface area (Å²) >= 11 is 0. The average Bonchev–Trinajstić information content (AvgIpc) is 3.66. The lowest BCUT2D eigenvalue weighted by Crippen LogP contribution is -2.40. The molecule has 6 N–H and O–H groups in total. The summed E-state index contributed by atoms with van der Waals surface area (Å²) in [6.45, 7) is 11.0. The van der Waals surface area contributed by atoms with Crippen LogP contribution in [0.2, 0.25) is 0 Å². The first-order valence-corrected chi connectivity index (χ1v) is 22.8. The zero-order valence-corrected chi connectivity index (χ0v) is 38.4. The Balaban J connectivity index is 0.000000272. The number of hydrogen-bond donors (Lipinski definition) is 3. The lowest BCUT2D eigenvalue weighted by Gasteiger charge is -2.46. The van der Waals surface area contributed by atoms with Gasteiger partial charge in [0.15, 0.2) is 0 Å². The van der Waals surface area contributed by atoms with Crippen LogP contribution in [0, 0.1) is 6.92 Å². The van der Waals surface area contributed by atoms with Crippen LogP contribution in [-0.2, 0) is 23.7 Å². The van der Waals surface area contributed by atoms with E-state index in [1.54, 1.807) is 0 Å². The standard InChI is InChI=1S/C45H36.C13H12.C2H6.CH5N.H4N2/c1-29-13-12-16-32(25-29)36-26-30-14-4-5-15-31(30)27-37(36)33-23-24-35-34-17-6-7-18-38(34)45(43(35)28-33)41-21-10-8-19-39(41)44(2,3)40-20-9-11-22-42(40)45;1-3-7-12(8-4-1)11-13-9-5-2-6-10-13;3*1-2/h5-13,15-28H,4,14H2,1-3H3;1-10H,11H2;1-2H3;2H2,1H3;1-2H2. The summed E-state index contributed by atoms with van der Waals surface area (Å²) < 4.78 is 0. The molecule has 0 fully saturated rings. The van der Waals surface area contributed by atoms with E-state index in [0.29, 0.717) is 0 Å². The highest BCUT2D eigenvalue weighted by Gasteiger charge is 2.53. The van der Waals surface area contributed by atoms with E-state index >= 15 is 0 Å². The average molecular weight is 838 g/mol. The quantitative estimate of drug-likeness (QED) is 0.122. The minimum absolute atomic E-state index is 0.100. The van der Waals surface area contributed by atoms with E-state index in [2.05, 4.69) is 238 Å². The van der Waals surface area contributed by atoms with Gasteiger partial charge in [-0.25, -0.2) is 0 Å². The fourth-order valence-electron chi connectivity index (χ4n) is 10.2. The first-order chi connectivity index (χ1) is 31.4. The number of hydrogen-bond acceptors (Lipinski definition) is 3. The van der Waals surface area contributed by atoms with E-state index in [9.17, 15) is 0 Å². The Labute approximate surface area is 382 Å². The third-order valence-corrected chi connectivity index (χ3v) is 12.9. The summed E-state index contributed by atoms with van der Waals surface area (Å²) in [5, 5.41) is 0. The van der Waals surface area contributed by atoms with Crippen LogP contribution < -0.4 is 17.4 Å². The van der Waals surface area contributed by atoms with Crippen LogP contribution in [0.25, 0.3) is 39.5 Å². The highest BCUT2D eigenvalue weighted by atomic mass is 15.0. The zero-order valence-electron chi connectivity index (χ0n) is 38.4. The maximum Gasteiger partial charge on any atom is 0.0719 e. The Hall–Kier alpha value is -6.62. The van der Waals surface area contributed by atoms with Crippen molar-refractivity contribution in [1.29, 1.82) is 0 Å². The maximum atomic E-state index is 4.50. The Morgan fingerprint density at radius 3 is 1.55 bits per heavy atom. The van der Waals surface area contributed by atoms with Gasteiger partial charge in [0.1, 0.15) is 0 Å². The second-order valence-electron chi connectivity index (χ2n) is 16.8. The van der Waals surface area contributed by atoms with Gasteiger partial charge in [0.05, 0.1) is 5.41 Å². The normalized spacial score (nSPS) is 13.5. The summed E-state index contributed by atoms with van der Waals surface area (Å²) in [6.07, 6.45) is 7.88. The summed E-state index contributed by atoms with van der Waals surface area (Å²) in [5.74, 6) is 8.00. The number of rotatable bonds is 4. The minimum atomic E-state index is -0.387. The van der Waals surface area contributed by atoms with Gasteiger partial charge in [-0.3, -0.25) is 11.7 Å². The van der Waals surface area contributed by atoms with E-state index < -0.39 is 0 Å². The van der Waals surface area contributed by atoms with E-state index in [1.165, 1.54) is 102 Å². The van der Waals surface area contributed by atoms with E-state index in [1.807, 2.05) is 13.8 Å². The number of aryl methyl sites for hydroxylation is 2. The largest absolute Gasteiger partial charge is 0.333 e. The monoisotopic (exact) mass is 838 g/mol. The second-order valence-corrected chi connectivity index (χ2v) is 16.8. The predicted molar refractivity (Wildman–Crippen MR) is 274 cm³/mol. The third-order valence-electron chi connectivity index (χ3n) is 12.9. The molecular weight excluding hydrogens is 775 g/mol. The van der Waals surface area contributed by atoms with Gasteiger partial charge in [-0.2, -0.15) is 0 Å². The first-order valence-electron chi connectivity index (χ1n) is 22.8.